The monoisotopic (exact) mass is 372 g/mol. The molecule has 0 bridgehead atoms. The number of halogens is 1. The van der Waals surface area contributed by atoms with Crippen molar-refractivity contribution >= 4 is 17.5 Å². The first-order chi connectivity index (χ1) is 12.7. The third-order valence-corrected chi connectivity index (χ3v) is 5.01. The molecule has 0 radical (unpaired) electrons. The molecule has 0 spiro atoms. The Hall–Kier alpha value is -2.04. The molecule has 0 aromatic heterocycles. The number of hydrogen-bond acceptors (Lipinski definition) is 3. The quantitative estimate of drug-likeness (QED) is 0.803. The highest BCUT2D eigenvalue weighted by atomic mass is 35.5. The van der Waals surface area contributed by atoms with Gasteiger partial charge < -0.3 is 9.64 Å². The van der Waals surface area contributed by atoms with Crippen LogP contribution in [0.4, 0.5) is 0 Å². The lowest BCUT2D eigenvalue weighted by Gasteiger charge is -2.22. The van der Waals surface area contributed by atoms with E-state index in [0.717, 1.165) is 44.7 Å². The van der Waals surface area contributed by atoms with Gasteiger partial charge in [0.1, 0.15) is 5.75 Å². The lowest BCUT2D eigenvalue weighted by Crippen LogP contribution is -2.36. The van der Waals surface area contributed by atoms with E-state index >= 15 is 0 Å². The molecule has 1 heterocycles. The minimum Gasteiger partial charge on any atom is -0.496 e. The number of ether oxygens (including phenoxy) is 1. The molecular weight excluding hydrogens is 348 g/mol. The second kappa shape index (κ2) is 9.06. The molecule has 5 heteroatoms. The molecular formula is C21H25ClN2O2. The molecule has 0 saturated carbocycles. The summed E-state index contributed by atoms with van der Waals surface area (Å²) in [4.78, 5) is 17.2. The number of rotatable bonds is 5. The zero-order chi connectivity index (χ0) is 18.4. The first-order valence-electron chi connectivity index (χ1n) is 9.02. The summed E-state index contributed by atoms with van der Waals surface area (Å²) in [6.45, 7) is 4.40. The Balaban J connectivity index is 1.58. The molecule has 2 aromatic carbocycles. The zero-order valence-corrected chi connectivity index (χ0v) is 15.9. The number of methoxy groups -OCH3 is 1. The molecule has 1 amide bonds. The van der Waals surface area contributed by atoms with Gasteiger partial charge in [-0.1, -0.05) is 41.9 Å². The van der Waals surface area contributed by atoms with Gasteiger partial charge in [-0.15, -0.1) is 0 Å². The van der Waals surface area contributed by atoms with E-state index in [9.17, 15) is 4.79 Å². The van der Waals surface area contributed by atoms with E-state index in [2.05, 4.69) is 29.2 Å². The van der Waals surface area contributed by atoms with Gasteiger partial charge in [-0.25, -0.2) is 0 Å². The van der Waals surface area contributed by atoms with E-state index in [4.69, 9.17) is 16.3 Å². The normalized spacial score (nSPS) is 15.5. The van der Waals surface area contributed by atoms with Crippen LogP contribution in [-0.4, -0.2) is 49.0 Å². The predicted molar refractivity (Wildman–Crippen MR) is 105 cm³/mol. The van der Waals surface area contributed by atoms with Crippen molar-refractivity contribution in [1.82, 2.24) is 9.80 Å². The van der Waals surface area contributed by atoms with Crippen LogP contribution in [0, 0.1) is 0 Å². The highest BCUT2D eigenvalue weighted by Gasteiger charge is 2.20. The zero-order valence-electron chi connectivity index (χ0n) is 15.2. The summed E-state index contributed by atoms with van der Waals surface area (Å²) in [5.74, 6) is 0.843. The summed E-state index contributed by atoms with van der Waals surface area (Å²) in [5.41, 5.74) is 2.16. The van der Waals surface area contributed by atoms with E-state index < -0.39 is 0 Å². The molecule has 26 heavy (non-hydrogen) atoms. The molecule has 0 atom stereocenters. The van der Waals surface area contributed by atoms with Crippen LogP contribution in [-0.2, 0) is 17.8 Å². The van der Waals surface area contributed by atoms with Crippen molar-refractivity contribution in [3.63, 3.8) is 0 Å². The number of amides is 1. The highest BCUT2D eigenvalue weighted by Crippen LogP contribution is 2.23. The number of hydrogen-bond donors (Lipinski definition) is 0. The van der Waals surface area contributed by atoms with Crippen molar-refractivity contribution < 1.29 is 9.53 Å². The van der Waals surface area contributed by atoms with Crippen LogP contribution < -0.4 is 4.74 Å². The summed E-state index contributed by atoms with van der Waals surface area (Å²) in [6.07, 6.45) is 1.31. The smallest absolute Gasteiger partial charge is 0.227 e. The summed E-state index contributed by atoms with van der Waals surface area (Å²) in [7, 11) is 1.62. The first-order valence-corrected chi connectivity index (χ1v) is 9.40. The summed E-state index contributed by atoms with van der Waals surface area (Å²) >= 11 is 6.08. The van der Waals surface area contributed by atoms with Gasteiger partial charge >= 0.3 is 0 Å². The maximum Gasteiger partial charge on any atom is 0.227 e. The van der Waals surface area contributed by atoms with Crippen LogP contribution in [0.5, 0.6) is 5.75 Å². The number of benzene rings is 2. The Bertz CT molecular complexity index is 736. The first kappa shape index (κ1) is 18.7. The Labute approximate surface area is 160 Å². The lowest BCUT2D eigenvalue weighted by molar-refractivity contribution is -0.130. The Morgan fingerprint density at radius 2 is 1.88 bits per heavy atom. The van der Waals surface area contributed by atoms with E-state index in [1.54, 1.807) is 13.2 Å². The van der Waals surface area contributed by atoms with Crippen molar-refractivity contribution in [1.29, 1.82) is 0 Å². The molecule has 1 aliphatic rings. The second-order valence-electron chi connectivity index (χ2n) is 6.63. The average molecular weight is 373 g/mol. The van der Waals surface area contributed by atoms with Crippen LogP contribution in [0.3, 0.4) is 0 Å². The van der Waals surface area contributed by atoms with Gasteiger partial charge in [-0.3, -0.25) is 9.69 Å². The Kier molecular flexibility index (Phi) is 6.53. The topological polar surface area (TPSA) is 32.8 Å². The van der Waals surface area contributed by atoms with Gasteiger partial charge in [0, 0.05) is 43.3 Å². The fraction of sp³-hybridized carbons (Fsp3) is 0.381. The minimum atomic E-state index is 0.132. The standard InChI is InChI=1S/C21H25ClN2O2/c1-26-20-9-8-19(22)14-18(20)15-21(25)24-11-5-10-23(12-13-24)16-17-6-3-2-4-7-17/h2-4,6-9,14H,5,10-13,15-16H2,1H3. The van der Waals surface area contributed by atoms with Gasteiger partial charge in [0.05, 0.1) is 13.5 Å². The molecule has 4 nitrogen and oxygen atoms in total. The largest absolute Gasteiger partial charge is 0.496 e. The van der Waals surface area contributed by atoms with E-state index in [-0.39, 0.29) is 5.91 Å². The van der Waals surface area contributed by atoms with E-state index in [1.807, 2.05) is 23.1 Å². The fourth-order valence-corrected chi connectivity index (χ4v) is 3.57. The van der Waals surface area contributed by atoms with Crippen molar-refractivity contribution in [2.75, 3.05) is 33.3 Å². The maximum absolute atomic E-state index is 12.8. The molecule has 1 saturated heterocycles. The third-order valence-electron chi connectivity index (χ3n) is 4.77. The van der Waals surface area contributed by atoms with Crippen LogP contribution in [0.2, 0.25) is 5.02 Å². The van der Waals surface area contributed by atoms with Crippen LogP contribution in [0.15, 0.2) is 48.5 Å². The van der Waals surface area contributed by atoms with Crippen molar-refractivity contribution in [2.45, 2.75) is 19.4 Å². The van der Waals surface area contributed by atoms with Crippen LogP contribution >= 0.6 is 11.6 Å². The fourth-order valence-electron chi connectivity index (χ4n) is 3.38. The molecule has 3 rings (SSSR count). The van der Waals surface area contributed by atoms with Gasteiger partial charge in [0.25, 0.3) is 0 Å². The van der Waals surface area contributed by atoms with Crippen LogP contribution in [0.1, 0.15) is 17.5 Å². The average Bonchev–Trinajstić information content (AvgIpc) is 2.88. The number of nitrogens with zero attached hydrogens (tertiary/aromatic N) is 2. The summed E-state index contributed by atoms with van der Waals surface area (Å²) < 4.78 is 5.36. The van der Waals surface area contributed by atoms with Gasteiger partial charge in [-0.05, 0) is 30.2 Å². The minimum absolute atomic E-state index is 0.132. The Morgan fingerprint density at radius 1 is 1.08 bits per heavy atom. The van der Waals surface area contributed by atoms with Gasteiger partial charge in [-0.2, -0.15) is 0 Å². The van der Waals surface area contributed by atoms with Crippen LogP contribution in [0.25, 0.3) is 0 Å². The molecule has 0 aliphatic carbocycles. The lowest BCUT2D eigenvalue weighted by atomic mass is 10.1. The van der Waals surface area contributed by atoms with Crippen molar-refractivity contribution in [3.05, 3.63) is 64.7 Å². The second-order valence-corrected chi connectivity index (χ2v) is 7.07. The summed E-state index contributed by atoms with van der Waals surface area (Å²) in [5, 5.41) is 0.624. The molecule has 0 N–H and O–H groups in total. The SMILES string of the molecule is COc1ccc(Cl)cc1CC(=O)N1CCCN(Cc2ccccc2)CC1. The van der Waals surface area contributed by atoms with E-state index in [1.165, 1.54) is 5.56 Å². The van der Waals surface area contributed by atoms with Gasteiger partial charge in [0.2, 0.25) is 5.91 Å². The number of carbonyl (C=O) groups excluding carboxylic acids is 1. The third kappa shape index (κ3) is 4.99. The highest BCUT2D eigenvalue weighted by molar-refractivity contribution is 6.30. The molecule has 1 aliphatic heterocycles. The maximum atomic E-state index is 12.8. The predicted octanol–water partition coefficient (Wildman–Crippen LogP) is 3.63. The molecule has 0 unspecified atom stereocenters. The Morgan fingerprint density at radius 3 is 2.65 bits per heavy atom. The summed E-state index contributed by atoms with van der Waals surface area (Å²) in [6, 6.07) is 15.9. The van der Waals surface area contributed by atoms with E-state index in [0.29, 0.717) is 17.2 Å². The number of carbonyl (C=O) groups is 1. The van der Waals surface area contributed by atoms with Crippen molar-refractivity contribution in [3.8, 4) is 5.75 Å². The van der Waals surface area contributed by atoms with Gasteiger partial charge in [0.15, 0.2) is 0 Å². The van der Waals surface area contributed by atoms with Crippen molar-refractivity contribution in [2.24, 2.45) is 0 Å². The molecule has 1 fully saturated rings. The molecule has 2 aromatic rings. The molecule has 138 valence electrons.